The summed E-state index contributed by atoms with van der Waals surface area (Å²) in [7, 11) is 2.20. The maximum atomic E-state index is 13.7. The Balaban J connectivity index is 1.26. The number of aromatic nitrogens is 1. The average molecular weight is 473 g/mol. The summed E-state index contributed by atoms with van der Waals surface area (Å²) in [5.41, 5.74) is 2.53. The largest absolute Gasteiger partial charge is 0.361 e. The molecule has 3 aromatic rings. The standard InChI is InChI=1S/C29H36N4O2/c1-32-15-10-22(11-16-32)23-12-17-33(18-13-23)29(35)27(19-21-5-3-2-4-6-21)31-28(34)25-8-7-24-9-14-30-26(24)20-25/h2-9,14,20,22-23,27,30H,10-13,15-19H2,1H3,(H,31,34)/t27-/m1/s1. The molecular formula is C29H36N4O2. The Morgan fingerprint density at radius 3 is 2.34 bits per heavy atom. The van der Waals surface area contributed by atoms with Crippen molar-refractivity contribution >= 4 is 22.7 Å². The van der Waals surface area contributed by atoms with Crippen LogP contribution in [-0.4, -0.2) is 65.9 Å². The Labute approximate surface area is 207 Å². The van der Waals surface area contributed by atoms with Crippen molar-refractivity contribution in [2.45, 2.75) is 38.1 Å². The molecule has 2 aliphatic heterocycles. The van der Waals surface area contributed by atoms with Gasteiger partial charge in [-0.3, -0.25) is 9.59 Å². The molecule has 0 unspecified atom stereocenters. The van der Waals surface area contributed by atoms with Crippen molar-refractivity contribution in [3.05, 3.63) is 71.9 Å². The number of nitrogens with one attached hydrogen (secondary N) is 2. The van der Waals surface area contributed by atoms with Gasteiger partial charge in [-0.05, 0) is 86.8 Å². The summed E-state index contributed by atoms with van der Waals surface area (Å²) in [6.45, 7) is 3.93. The number of hydrogen-bond donors (Lipinski definition) is 2. The van der Waals surface area contributed by atoms with Crippen molar-refractivity contribution in [1.82, 2.24) is 20.1 Å². The topological polar surface area (TPSA) is 68.4 Å². The van der Waals surface area contributed by atoms with E-state index in [0.717, 1.165) is 48.3 Å². The predicted molar refractivity (Wildman–Crippen MR) is 139 cm³/mol. The second-order valence-corrected chi connectivity index (χ2v) is 10.3. The molecule has 1 aromatic heterocycles. The number of amides is 2. The molecule has 6 nitrogen and oxygen atoms in total. The third-order valence-electron chi connectivity index (χ3n) is 7.98. The maximum Gasteiger partial charge on any atom is 0.252 e. The molecule has 6 heteroatoms. The number of likely N-dealkylation sites (tertiary alicyclic amines) is 2. The Morgan fingerprint density at radius 2 is 1.63 bits per heavy atom. The number of carbonyl (C=O) groups excluding carboxylic acids is 2. The summed E-state index contributed by atoms with van der Waals surface area (Å²) >= 11 is 0. The zero-order valence-corrected chi connectivity index (χ0v) is 20.6. The number of nitrogens with zero attached hydrogens (tertiary/aromatic N) is 2. The second-order valence-electron chi connectivity index (χ2n) is 10.3. The van der Waals surface area contributed by atoms with Crippen molar-refractivity contribution in [2.24, 2.45) is 11.8 Å². The fourth-order valence-electron chi connectivity index (χ4n) is 5.79. The Morgan fingerprint density at radius 1 is 0.943 bits per heavy atom. The first-order chi connectivity index (χ1) is 17.1. The minimum absolute atomic E-state index is 0.0324. The van der Waals surface area contributed by atoms with Gasteiger partial charge in [0.1, 0.15) is 6.04 Å². The Bertz CT molecular complexity index is 1140. The highest BCUT2D eigenvalue weighted by Crippen LogP contribution is 2.32. The normalized spacial score (nSPS) is 19.1. The van der Waals surface area contributed by atoms with Crippen LogP contribution < -0.4 is 5.32 Å². The number of carbonyl (C=O) groups is 2. The molecule has 2 saturated heterocycles. The van der Waals surface area contributed by atoms with Crippen LogP contribution in [0.5, 0.6) is 0 Å². The molecule has 184 valence electrons. The molecule has 0 spiro atoms. The molecule has 2 aliphatic rings. The summed E-state index contributed by atoms with van der Waals surface area (Å²) in [5.74, 6) is 1.32. The molecule has 35 heavy (non-hydrogen) atoms. The van der Waals surface area contributed by atoms with Crippen LogP contribution >= 0.6 is 0 Å². The average Bonchev–Trinajstić information content (AvgIpc) is 3.37. The van der Waals surface area contributed by atoms with Crippen LogP contribution in [0, 0.1) is 11.8 Å². The minimum Gasteiger partial charge on any atom is -0.361 e. The number of piperidine rings is 2. The van der Waals surface area contributed by atoms with Crippen molar-refractivity contribution < 1.29 is 9.59 Å². The molecule has 0 bridgehead atoms. The first-order valence-corrected chi connectivity index (χ1v) is 13.0. The lowest BCUT2D eigenvalue weighted by atomic mass is 9.79. The quantitative estimate of drug-likeness (QED) is 0.568. The van der Waals surface area contributed by atoms with Gasteiger partial charge in [-0.2, -0.15) is 0 Å². The summed E-state index contributed by atoms with van der Waals surface area (Å²) in [6.07, 6.45) is 7.03. The molecule has 0 aliphatic carbocycles. The van der Waals surface area contributed by atoms with Crippen LogP contribution in [0.4, 0.5) is 0 Å². The van der Waals surface area contributed by atoms with Crippen molar-refractivity contribution in [3.8, 4) is 0 Å². The van der Waals surface area contributed by atoms with E-state index in [2.05, 4.69) is 22.2 Å². The van der Waals surface area contributed by atoms with E-state index in [4.69, 9.17) is 0 Å². The van der Waals surface area contributed by atoms with Crippen molar-refractivity contribution in [2.75, 3.05) is 33.2 Å². The van der Waals surface area contributed by atoms with Crippen molar-refractivity contribution in [3.63, 3.8) is 0 Å². The zero-order valence-electron chi connectivity index (χ0n) is 20.6. The van der Waals surface area contributed by atoms with E-state index in [1.54, 1.807) is 0 Å². The van der Waals surface area contributed by atoms with E-state index in [0.29, 0.717) is 17.9 Å². The lowest BCUT2D eigenvalue weighted by Crippen LogP contribution is -2.52. The van der Waals surface area contributed by atoms with E-state index < -0.39 is 6.04 Å². The van der Waals surface area contributed by atoms with Crippen LogP contribution in [0.25, 0.3) is 10.9 Å². The Hall–Kier alpha value is -3.12. The van der Waals surface area contributed by atoms with Gasteiger partial charge >= 0.3 is 0 Å². The van der Waals surface area contributed by atoms with Gasteiger partial charge in [0.15, 0.2) is 0 Å². The molecule has 0 saturated carbocycles. The summed E-state index contributed by atoms with van der Waals surface area (Å²) < 4.78 is 0. The van der Waals surface area contributed by atoms with Crippen LogP contribution in [-0.2, 0) is 11.2 Å². The fraction of sp³-hybridized carbons (Fsp3) is 0.448. The lowest BCUT2D eigenvalue weighted by Gasteiger charge is -2.40. The molecule has 3 heterocycles. The van der Waals surface area contributed by atoms with Crippen molar-refractivity contribution in [1.29, 1.82) is 0 Å². The molecule has 2 fully saturated rings. The van der Waals surface area contributed by atoms with Gasteiger partial charge < -0.3 is 20.1 Å². The number of fused-ring (bicyclic) bond motifs is 1. The number of H-pyrrole nitrogens is 1. The fourth-order valence-corrected chi connectivity index (χ4v) is 5.79. The van der Waals surface area contributed by atoms with Gasteiger partial charge in [0, 0.05) is 36.8 Å². The van der Waals surface area contributed by atoms with E-state index in [-0.39, 0.29) is 11.8 Å². The van der Waals surface area contributed by atoms with E-state index >= 15 is 0 Å². The number of benzene rings is 2. The van der Waals surface area contributed by atoms with E-state index in [1.807, 2.05) is 65.7 Å². The number of rotatable bonds is 6. The smallest absolute Gasteiger partial charge is 0.252 e. The summed E-state index contributed by atoms with van der Waals surface area (Å²) in [5, 5.41) is 4.13. The van der Waals surface area contributed by atoms with Gasteiger partial charge in [-0.15, -0.1) is 0 Å². The monoisotopic (exact) mass is 472 g/mol. The number of aromatic amines is 1. The zero-order chi connectivity index (χ0) is 24.2. The maximum absolute atomic E-state index is 13.7. The molecule has 0 radical (unpaired) electrons. The van der Waals surface area contributed by atoms with Crippen LogP contribution in [0.3, 0.4) is 0 Å². The minimum atomic E-state index is -0.580. The molecule has 1 atom stereocenters. The molecule has 2 aromatic carbocycles. The van der Waals surface area contributed by atoms with Crippen LogP contribution in [0.1, 0.15) is 41.6 Å². The van der Waals surface area contributed by atoms with Gasteiger partial charge in [0.05, 0.1) is 0 Å². The van der Waals surface area contributed by atoms with Crippen LogP contribution in [0.15, 0.2) is 60.8 Å². The second kappa shape index (κ2) is 10.6. The van der Waals surface area contributed by atoms with Gasteiger partial charge in [-0.25, -0.2) is 0 Å². The molecule has 2 N–H and O–H groups in total. The highest BCUT2D eigenvalue weighted by atomic mass is 16.2. The first-order valence-electron chi connectivity index (χ1n) is 13.0. The molecule has 2 amide bonds. The van der Waals surface area contributed by atoms with Gasteiger partial charge in [0.2, 0.25) is 5.91 Å². The Kier molecular flexibility index (Phi) is 7.19. The number of hydrogen-bond acceptors (Lipinski definition) is 3. The van der Waals surface area contributed by atoms with Gasteiger partial charge in [-0.1, -0.05) is 36.4 Å². The highest BCUT2D eigenvalue weighted by molar-refractivity contribution is 6.00. The lowest BCUT2D eigenvalue weighted by molar-refractivity contribution is -0.135. The predicted octanol–water partition coefficient (Wildman–Crippen LogP) is 4.09. The third kappa shape index (κ3) is 5.59. The summed E-state index contributed by atoms with van der Waals surface area (Å²) in [4.78, 5) is 34.4. The third-order valence-corrected chi connectivity index (χ3v) is 7.98. The molecular weight excluding hydrogens is 436 g/mol. The van der Waals surface area contributed by atoms with Crippen LogP contribution in [0.2, 0.25) is 0 Å². The van der Waals surface area contributed by atoms with E-state index in [9.17, 15) is 9.59 Å². The van der Waals surface area contributed by atoms with E-state index in [1.165, 1.54) is 25.9 Å². The molecule has 5 rings (SSSR count). The highest BCUT2D eigenvalue weighted by Gasteiger charge is 2.33. The first kappa shape index (κ1) is 23.6. The van der Waals surface area contributed by atoms with Gasteiger partial charge in [0.25, 0.3) is 5.91 Å². The summed E-state index contributed by atoms with van der Waals surface area (Å²) in [6, 6.07) is 17.0. The SMILES string of the molecule is CN1CCC(C2CCN(C(=O)[C@@H](Cc3ccccc3)NC(=O)c3ccc4cc[nH]c4c3)CC2)CC1.